The molecule has 0 bridgehead atoms. The zero-order valence-electron chi connectivity index (χ0n) is 25.8. The lowest BCUT2D eigenvalue weighted by molar-refractivity contribution is 0.617. The number of rotatable bonds is 4. The van der Waals surface area contributed by atoms with Gasteiger partial charge in [0.05, 0.1) is 16.7 Å². The third-order valence-corrected chi connectivity index (χ3v) is 8.68. The van der Waals surface area contributed by atoms with Crippen molar-refractivity contribution in [3.05, 3.63) is 101 Å². The summed E-state index contributed by atoms with van der Waals surface area (Å²) in [5, 5.41) is 3.74. The van der Waals surface area contributed by atoms with Gasteiger partial charge in [-0.2, -0.15) is 0 Å². The summed E-state index contributed by atoms with van der Waals surface area (Å²) in [6.07, 6.45) is 0.907. The Morgan fingerprint density at radius 1 is 0.900 bits per heavy atom. The van der Waals surface area contributed by atoms with Crippen LogP contribution in [-0.2, 0) is 6.42 Å². The van der Waals surface area contributed by atoms with Gasteiger partial charge < -0.3 is 0 Å². The number of pyridine rings is 1. The molecule has 198 valence electrons. The Kier molecular flexibility index (Phi) is 5.01. The average molecular weight is 547 g/mol. The molecule has 40 heavy (non-hydrogen) atoms. The lowest BCUT2D eigenvalue weighted by atomic mass is 10.0. The van der Waals surface area contributed by atoms with Crippen LogP contribution in [0.5, 0.6) is 0 Å². The summed E-state index contributed by atoms with van der Waals surface area (Å²) < 4.78 is 43.1. The first-order valence-electron chi connectivity index (χ1n) is 15.0. The van der Waals surface area contributed by atoms with Gasteiger partial charge >= 0.3 is 0 Å². The van der Waals surface area contributed by atoms with E-state index in [2.05, 4.69) is 32.0 Å². The van der Waals surface area contributed by atoms with Crippen LogP contribution in [0.25, 0.3) is 59.2 Å². The van der Waals surface area contributed by atoms with Gasteiger partial charge in [0.15, 0.2) is 0 Å². The van der Waals surface area contributed by atoms with E-state index in [4.69, 9.17) is 14.1 Å². The Labute approximate surface area is 241 Å². The van der Waals surface area contributed by atoms with Crippen molar-refractivity contribution in [3.8, 4) is 17.1 Å². The van der Waals surface area contributed by atoms with Crippen molar-refractivity contribution in [2.24, 2.45) is 5.92 Å². The molecule has 4 aromatic carbocycles. The predicted molar refractivity (Wildman–Crippen MR) is 167 cm³/mol. The number of aryl methyl sites for hydroxylation is 3. The number of fused-ring (bicyclic) bond motifs is 6. The van der Waals surface area contributed by atoms with Gasteiger partial charge in [-0.15, -0.1) is 11.3 Å². The summed E-state index contributed by atoms with van der Waals surface area (Å²) in [4.78, 5) is 11.1. The van der Waals surface area contributed by atoms with Crippen LogP contribution < -0.4 is 0 Å². The van der Waals surface area contributed by atoms with Crippen LogP contribution in [0.4, 0.5) is 4.39 Å². The molecule has 0 N–H and O–H groups in total. The number of imidazole rings is 1. The number of hydrogen-bond donors (Lipinski definition) is 0. The molecule has 0 fully saturated rings. The number of thiophene rings is 1. The molecule has 0 saturated carbocycles. The molecule has 0 spiro atoms. The molecule has 3 nitrogen and oxygen atoms in total. The van der Waals surface area contributed by atoms with Gasteiger partial charge in [-0.05, 0) is 85.9 Å². The van der Waals surface area contributed by atoms with Crippen LogP contribution in [0.1, 0.15) is 40.3 Å². The molecule has 3 aromatic heterocycles. The molecule has 0 aliphatic carbocycles. The molecule has 7 aromatic rings. The van der Waals surface area contributed by atoms with Crippen molar-refractivity contribution in [1.29, 1.82) is 0 Å². The van der Waals surface area contributed by atoms with Crippen molar-refractivity contribution < 1.29 is 8.50 Å². The minimum atomic E-state index is -2.28. The van der Waals surface area contributed by atoms with E-state index in [0.717, 1.165) is 54.5 Å². The van der Waals surface area contributed by atoms with Crippen LogP contribution in [0.15, 0.2) is 72.8 Å². The summed E-state index contributed by atoms with van der Waals surface area (Å²) >= 11 is 1.63. The Hall–Kier alpha value is -4.09. The summed E-state index contributed by atoms with van der Waals surface area (Å²) in [7, 11) is 0. The first kappa shape index (κ1) is 21.7. The minimum Gasteiger partial charge on any atom is -0.288 e. The molecule has 0 radical (unpaired) electrons. The second-order valence-corrected chi connectivity index (χ2v) is 12.1. The normalized spacial score (nSPS) is 13.5. The highest BCUT2D eigenvalue weighted by atomic mass is 32.1. The second kappa shape index (κ2) is 9.24. The first-order chi connectivity index (χ1) is 20.5. The molecule has 5 heteroatoms. The molecule has 0 aliphatic rings. The summed E-state index contributed by atoms with van der Waals surface area (Å²) in [5.41, 5.74) is 5.53. The maximum Gasteiger partial charge on any atom is 0.147 e. The zero-order chi connectivity index (χ0) is 30.2. The molecular weight excluding hydrogens is 513 g/mol. The lowest BCUT2D eigenvalue weighted by Crippen LogP contribution is -2.04. The Morgan fingerprint density at radius 3 is 2.55 bits per heavy atom. The van der Waals surface area contributed by atoms with Crippen molar-refractivity contribution >= 4 is 53.4 Å². The number of nitrogens with zero attached hydrogens (tertiary/aromatic N) is 3. The maximum absolute atomic E-state index is 16.1. The van der Waals surface area contributed by atoms with Crippen molar-refractivity contribution in [3.63, 3.8) is 0 Å². The van der Waals surface area contributed by atoms with Gasteiger partial charge in [0.1, 0.15) is 16.5 Å². The fraction of sp³-hybridized carbons (Fsp3) is 0.200. The second-order valence-electron chi connectivity index (χ2n) is 11.1. The van der Waals surface area contributed by atoms with Gasteiger partial charge in [0.25, 0.3) is 0 Å². The fourth-order valence-electron chi connectivity index (χ4n) is 5.90. The SMILES string of the molecule is [2H]C([2H])([2H])c1ccc2ccc3nc(-c4cccc5c4sc4nc(CC(C)C)ccc45)n(-c4c(C)cc(C)cc4F)c3c2c1. The molecule has 3 heterocycles. The standard InChI is InChI=1S/C35H30FN3S/c1-19(2)15-24-12-13-26-25-7-6-8-27(33(25)40-35(26)37-24)34-38-30-14-11-23-10-9-20(3)17-28(23)32(30)39(34)31-22(5)16-21(4)18-29(31)36/h6-14,16-19H,15H2,1-5H3/i3D3. The quantitative estimate of drug-likeness (QED) is 0.220. The summed E-state index contributed by atoms with van der Waals surface area (Å²) in [6, 6.07) is 22.9. The van der Waals surface area contributed by atoms with Crippen LogP contribution in [0.2, 0.25) is 0 Å². The molecule has 0 aliphatic heterocycles. The topological polar surface area (TPSA) is 30.7 Å². The highest BCUT2D eigenvalue weighted by molar-refractivity contribution is 7.26. The van der Waals surface area contributed by atoms with E-state index in [-0.39, 0.29) is 11.4 Å². The van der Waals surface area contributed by atoms with Crippen LogP contribution in [-0.4, -0.2) is 14.5 Å². The zero-order valence-corrected chi connectivity index (χ0v) is 23.7. The Balaban J connectivity index is 1.60. The number of hydrogen-bond acceptors (Lipinski definition) is 3. The Morgan fingerprint density at radius 2 is 1.75 bits per heavy atom. The van der Waals surface area contributed by atoms with Gasteiger partial charge in [0.2, 0.25) is 0 Å². The molecule has 0 atom stereocenters. The third-order valence-electron chi connectivity index (χ3n) is 7.54. The van der Waals surface area contributed by atoms with Gasteiger partial charge in [-0.3, -0.25) is 4.57 Å². The highest BCUT2D eigenvalue weighted by Gasteiger charge is 2.23. The van der Waals surface area contributed by atoms with Crippen molar-refractivity contribution in [1.82, 2.24) is 14.5 Å². The lowest BCUT2D eigenvalue weighted by Gasteiger charge is -2.16. The van der Waals surface area contributed by atoms with Crippen molar-refractivity contribution in [2.45, 2.75) is 41.0 Å². The van der Waals surface area contributed by atoms with Crippen LogP contribution in [0.3, 0.4) is 0 Å². The molecule has 0 saturated heterocycles. The van der Waals surface area contributed by atoms with E-state index in [1.807, 2.05) is 54.8 Å². The van der Waals surface area contributed by atoms with Crippen molar-refractivity contribution in [2.75, 3.05) is 0 Å². The van der Waals surface area contributed by atoms with Gasteiger partial charge in [-0.1, -0.05) is 55.8 Å². The minimum absolute atomic E-state index is 0.234. The number of benzene rings is 4. The smallest absolute Gasteiger partial charge is 0.147 e. The Bertz CT molecular complexity index is 2200. The molecular formula is C35H30FN3S. The van der Waals surface area contributed by atoms with Gasteiger partial charge in [0, 0.05) is 36.2 Å². The van der Waals surface area contributed by atoms with E-state index in [1.165, 1.54) is 6.07 Å². The summed E-state index contributed by atoms with van der Waals surface area (Å²) in [5.74, 6) is 0.751. The third kappa shape index (κ3) is 3.91. The highest BCUT2D eigenvalue weighted by Crippen LogP contribution is 2.42. The largest absolute Gasteiger partial charge is 0.288 e. The van der Waals surface area contributed by atoms with E-state index in [1.54, 1.807) is 23.5 Å². The number of aromatic nitrogens is 3. The van der Waals surface area contributed by atoms with Gasteiger partial charge in [-0.25, -0.2) is 14.4 Å². The monoisotopic (exact) mass is 546 g/mol. The number of halogens is 1. The molecule has 0 amide bonds. The molecule has 7 rings (SSSR count). The fourth-order valence-corrected chi connectivity index (χ4v) is 7.10. The first-order valence-corrected chi connectivity index (χ1v) is 14.4. The van der Waals surface area contributed by atoms with E-state index in [0.29, 0.717) is 33.8 Å². The van der Waals surface area contributed by atoms with E-state index < -0.39 is 6.85 Å². The maximum atomic E-state index is 16.1. The van der Waals surface area contributed by atoms with E-state index >= 15 is 4.39 Å². The average Bonchev–Trinajstić information content (AvgIpc) is 3.50. The summed E-state index contributed by atoms with van der Waals surface area (Å²) in [6.45, 7) is 5.88. The predicted octanol–water partition coefficient (Wildman–Crippen LogP) is 9.87. The van der Waals surface area contributed by atoms with Crippen LogP contribution in [0, 0.1) is 32.4 Å². The molecule has 0 unspecified atom stereocenters. The van der Waals surface area contributed by atoms with E-state index in [9.17, 15) is 0 Å². The van der Waals surface area contributed by atoms with Crippen LogP contribution >= 0.6 is 11.3 Å².